The molecule has 0 saturated carbocycles. The highest BCUT2D eigenvalue weighted by atomic mass is 16.5. The predicted octanol–water partition coefficient (Wildman–Crippen LogP) is 1.39. The van der Waals surface area contributed by atoms with E-state index in [-0.39, 0.29) is 17.7 Å². The third-order valence-electron chi connectivity index (χ3n) is 4.51. The number of likely N-dealkylation sites (tertiary alicyclic amines) is 1. The van der Waals surface area contributed by atoms with Gasteiger partial charge < -0.3 is 20.7 Å². The number of aryl methyl sites for hydroxylation is 2. The second-order valence-corrected chi connectivity index (χ2v) is 6.63. The van der Waals surface area contributed by atoms with E-state index in [4.69, 9.17) is 10.5 Å². The number of hydrogen-bond acceptors (Lipinski definition) is 4. The minimum Gasteiger partial charge on any atom is -0.493 e. The first-order valence-electron chi connectivity index (χ1n) is 8.97. The summed E-state index contributed by atoms with van der Waals surface area (Å²) in [5.74, 6) is 0.728. The first-order valence-corrected chi connectivity index (χ1v) is 8.97. The molecule has 6 heteroatoms. The van der Waals surface area contributed by atoms with Crippen molar-refractivity contribution in [3.8, 4) is 5.75 Å². The lowest BCUT2D eigenvalue weighted by atomic mass is 9.97. The molecule has 2 amide bonds. The largest absolute Gasteiger partial charge is 0.493 e. The number of amides is 2. The third-order valence-corrected chi connectivity index (χ3v) is 4.51. The molecule has 138 valence electrons. The van der Waals surface area contributed by atoms with Gasteiger partial charge in [-0.2, -0.15) is 0 Å². The molecule has 0 bridgehead atoms. The number of nitrogens with zero attached hydrogens (tertiary/aromatic N) is 1. The topological polar surface area (TPSA) is 84.7 Å². The molecule has 1 saturated heterocycles. The number of ether oxygens (including phenoxy) is 1. The average Bonchev–Trinajstić information content (AvgIpc) is 2.62. The maximum absolute atomic E-state index is 12.4. The van der Waals surface area contributed by atoms with Crippen LogP contribution in [0.4, 0.5) is 0 Å². The van der Waals surface area contributed by atoms with E-state index in [1.165, 1.54) is 0 Å². The van der Waals surface area contributed by atoms with Gasteiger partial charge in [0.05, 0.1) is 18.9 Å². The van der Waals surface area contributed by atoms with Crippen molar-refractivity contribution in [3.05, 3.63) is 29.3 Å². The Morgan fingerprint density at radius 3 is 2.92 bits per heavy atom. The van der Waals surface area contributed by atoms with Crippen molar-refractivity contribution >= 4 is 11.8 Å². The molecule has 0 spiro atoms. The summed E-state index contributed by atoms with van der Waals surface area (Å²) in [6, 6.07) is 6.04. The van der Waals surface area contributed by atoms with E-state index < -0.39 is 0 Å². The highest BCUT2D eigenvalue weighted by Crippen LogP contribution is 2.20. The van der Waals surface area contributed by atoms with Gasteiger partial charge in [-0.3, -0.25) is 9.59 Å². The highest BCUT2D eigenvalue weighted by Gasteiger charge is 2.27. The molecule has 1 aromatic rings. The summed E-state index contributed by atoms with van der Waals surface area (Å²) >= 11 is 0. The van der Waals surface area contributed by atoms with Crippen LogP contribution in [0.2, 0.25) is 0 Å². The van der Waals surface area contributed by atoms with Crippen LogP contribution in [-0.2, 0) is 9.59 Å². The molecule has 1 fully saturated rings. The van der Waals surface area contributed by atoms with Crippen LogP contribution in [0.5, 0.6) is 5.75 Å². The van der Waals surface area contributed by atoms with Crippen LogP contribution in [0, 0.1) is 19.8 Å². The number of benzene rings is 1. The first-order chi connectivity index (χ1) is 12.0. The number of nitrogens with two attached hydrogens (primary N) is 1. The second-order valence-electron chi connectivity index (χ2n) is 6.63. The Morgan fingerprint density at radius 1 is 1.36 bits per heavy atom. The lowest BCUT2D eigenvalue weighted by Crippen LogP contribution is -2.46. The third kappa shape index (κ3) is 5.74. The fourth-order valence-electron chi connectivity index (χ4n) is 3.03. The van der Waals surface area contributed by atoms with Gasteiger partial charge in [-0.05, 0) is 43.9 Å². The van der Waals surface area contributed by atoms with Crippen LogP contribution < -0.4 is 15.8 Å². The van der Waals surface area contributed by atoms with Gasteiger partial charge in [0.25, 0.3) is 0 Å². The van der Waals surface area contributed by atoms with Crippen LogP contribution in [0.15, 0.2) is 18.2 Å². The minimum absolute atomic E-state index is 0.00501. The van der Waals surface area contributed by atoms with Crippen LogP contribution in [0.1, 0.15) is 30.4 Å². The quantitative estimate of drug-likeness (QED) is 0.780. The summed E-state index contributed by atoms with van der Waals surface area (Å²) < 4.78 is 5.77. The van der Waals surface area contributed by atoms with Crippen LogP contribution >= 0.6 is 0 Å². The van der Waals surface area contributed by atoms with Crippen molar-refractivity contribution in [2.45, 2.75) is 33.1 Å². The van der Waals surface area contributed by atoms with Crippen molar-refractivity contribution in [1.29, 1.82) is 0 Å². The molecular weight excluding hydrogens is 318 g/mol. The SMILES string of the molecule is Cc1ccc(C)c(OCCC(=O)N2CCCC(C(=O)NCCN)C2)c1. The number of hydrogen-bond donors (Lipinski definition) is 2. The van der Waals surface area contributed by atoms with Gasteiger partial charge in [-0.25, -0.2) is 0 Å². The fourth-order valence-corrected chi connectivity index (χ4v) is 3.03. The molecular formula is C19H29N3O3. The molecule has 6 nitrogen and oxygen atoms in total. The smallest absolute Gasteiger partial charge is 0.226 e. The summed E-state index contributed by atoms with van der Waals surface area (Å²) in [6.45, 7) is 6.46. The maximum Gasteiger partial charge on any atom is 0.226 e. The summed E-state index contributed by atoms with van der Waals surface area (Å²) in [7, 11) is 0. The van der Waals surface area contributed by atoms with E-state index in [0.717, 1.165) is 29.7 Å². The van der Waals surface area contributed by atoms with Gasteiger partial charge in [0.2, 0.25) is 11.8 Å². The number of piperidine rings is 1. The van der Waals surface area contributed by atoms with Crippen molar-refractivity contribution < 1.29 is 14.3 Å². The van der Waals surface area contributed by atoms with Gasteiger partial charge >= 0.3 is 0 Å². The Morgan fingerprint density at radius 2 is 2.16 bits per heavy atom. The van der Waals surface area contributed by atoms with Crippen molar-refractivity contribution in [2.75, 3.05) is 32.8 Å². The molecule has 1 atom stereocenters. The monoisotopic (exact) mass is 347 g/mol. The predicted molar refractivity (Wildman–Crippen MR) is 97.4 cm³/mol. The Bertz CT molecular complexity index is 604. The van der Waals surface area contributed by atoms with E-state index in [1.807, 2.05) is 32.0 Å². The molecule has 1 aromatic carbocycles. The molecule has 25 heavy (non-hydrogen) atoms. The highest BCUT2D eigenvalue weighted by molar-refractivity contribution is 5.81. The number of carbonyl (C=O) groups is 2. The van der Waals surface area contributed by atoms with Crippen molar-refractivity contribution in [2.24, 2.45) is 11.7 Å². The average molecular weight is 347 g/mol. The van der Waals surface area contributed by atoms with E-state index in [2.05, 4.69) is 5.32 Å². The molecule has 3 N–H and O–H groups in total. The van der Waals surface area contributed by atoms with Crippen LogP contribution in [0.25, 0.3) is 0 Å². The van der Waals surface area contributed by atoms with Crippen molar-refractivity contribution in [3.63, 3.8) is 0 Å². The summed E-state index contributed by atoms with van der Waals surface area (Å²) in [5, 5.41) is 2.81. The molecule has 1 unspecified atom stereocenters. The lowest BCUT2D eigenvalue weighted by Gasteiger charge is -2.32. The van der Waals surface area contributed by atoms with E-state index in [9.17, 15) is 9.59 Å². The number of carbonyl (C=O) groups excluding carboxylic acids is 2. The molecule has 1 heterocycles. The van der Waals surface area contributed by atoms with Crippen LogP contribution in [-0.4, -0.2) is 49.5 Å². The van der Waals surface area contributed by atoms with E-state index >= 15 is 0 Å². The van der Waals surface area contributed by atoms with Gasteiger partial charge in [-0.15, -0.1) is 0 Å². The Labute approximate surface area is 149 Å². The zero-order valence-corrected chi connectivity index (χ0v) is 15.2. The van der Waals surface area contributed by atoms with Crippen molar-refractivity contribution in [1.82, 2.24) is 10.2 Å². The minimum atomic E-state index is -0.135. The normalized spacial score (nSPS) is 17.2. The molecule has 1 aliphatic heterocycles. The Kier molecular flexibility index (Phi) is 7.25. The molecule has 2 rings (SSSR count). The fraction of sp³-hybridized carbons (Fsp3) is 0.579. The number of rotatable bonds is 7. The molecule has 0 aromatic heterocycles. The lowest BCUT2D eigenvalue weighted by molar-refractivity contribution is -0.136. The van der Waals surface area contributed by atoms with Gasteiger partial charge in [0.1, 0.15) is 5.75 Å². The molecule has 0 aliphatic carbocycles. The summed E-state index contributed by atoms with van der Waals surface area (Å²) in [4.78, 5) is 26.3. The summed E-state index contributed by atoms with van der Waals surface area (Å²) in [6.07, 6.45) is 1.99. The standard InChI is InChI=1S/C19H29N3O3/c1-14-5-6-15(2)17(12-14)25-11-7-18(23)22-10-3-4-16(13-22)19(24)21-9-8-20/h5-6,12,16H,3-4,7-11,13,20H2,1-2H3,(H,21,24). The van der Waals surface area contributed by atoms with E-state index in [0.29, 0.717) is 39.2 Å². The second kappa shape index (κ2) is 9.42. The van der Waals surface area contributed by atoms with Gasteiger partial charge in [0, 0.05) is 26.2 Å². The molecule has 1 aliphatic rings. The van der Waals surface area contributed by atoms with Crippen LogP contribution in [0.3, 0.4) is 0 Å². The van der Waals surface area contributed by atoms with E-state index in [1.54, 1.807) is 4.90 Å². The van der Waals surface area contributed by atoms with Gasteiger partial charge in [0.15, 0.2) is 0 Å². The maximum atomic E-state index is 12.4. The first kappa shape index (κ1) is 19.2. The zero-order valence-electron chi connectivity index (χ0n) is 15.2. The Hall–Kier alpha value is -2.08. The summed E-state index contributed by atoms with van der Waals surface area (Å²) in [5.41, 5.74) is 7.61. The Balaban J connectivity index is 1.80. The molecule has 0 radical (unpaired) electrons. The zero-order chi connectivity index (χ0) is 18.2. The van der Waals surface area contributed by atoms with Gasteiger partial charge in [-0.1, -0.05) is 12.1 Å². The number of nitrogens with one attached hydrogen (secondary N) is 1.